The standard InChI is InChI=1S/C15H16N4O/c1-11-6-7-15(20-11)12(2)18-13-4-3-5-14(8-13)19-9-16-17-10-19/h3-10,12,18H,1-2H3. The van der Waals surface area contributed by atoms with Crippen LogP contribution in [0.25, 0.3) is 5.69 Å². The second-order valence-electron chi connectivity index (χ2n) is 4.73. The molecule has 1 N–H and O–H groups in total. The Bertz CT molecular complexity index is 687. The maximum atomic E-state index is 5.63. The Balaban J connectivity index is 1.79. The van der Waals surface area contributed by atoms with Gasteiger partial charge in [0.2, 0.25) is 0 Å². The van der Waals surface area contributed by atoms with Gasteiger partial charge in [-0.3, -0.25) is 4.57 Å². The highest BCUT2D eigenvalue weighted by molar-refractivity contribution is 5.51. The highest BCUT2D eigenvalue weighted by atomic mass is 16.3. The fourth-order valence-electron chi connectivity index (χ4n) is 2.10. The summed E-state index contributed by atoms with van der Waals surface area (Å²) in [7, 11) is 0. The number of aryl methyl sites for hydroxylation is 1. The maximum Gasteiger partial charge on any atom is 0.126 e. The number of anilines is 1. The van der Waals surface area contributed by atoms with Gasteiger partial charge < -0.3 is 9.73 Å². The minimum Gasteiger partial charge on any atom is -0.464 e. The second kappa shape index (κ2) is 5.21. The summed E-state index contributed by atoms with van der Waals surface area (Å²) in [6.45, 7) is 4.02. The van der Waals surface area contributed by atoms with E-state index in [1.807, 2.05) is 41.8 Å². The molecular formula is C15H16N4O. The molecule has 1 atom stereocenters. The Morgan fingerprint density at radius 2 is 1.95 bits per heavy atom. The van der Waals surface area contributed by atoms with E-state index in [4.69, 9.17) is 4.42 Å². The van der Waals surface area contributed by atoms with Crippen molar-refractivity contribution in [1.82, 2.24) is 14.8 Å². The average molecular weight is 268 g/mol. The molecule has 102 valence electrons. The molecule has 5 heteroatoms. The maximum absolute atomic E-state index is 5.63. The predicted molar refractivity (Wildman–Crippen MR) is 76.8 cm³/mol. The van der Waals surface area contributed by atoms with E-state index in [9.17, 15) is 0 Å². The third kappa shape index (κ3) is 2.56. The molecular weight excluding hydrogens is 252 g/mol. The fraction of sp³-hybridized carbons (Fsp3) is 0.200. The third-order valence-corrected chi connectivity index (χ3v) is 3.13. The molecule has 0 bridgehead atoms. The Kier molecular flexibility index (Phi) is 3.25. The second-order valence-corrected chi connectivity index (χ2v) is 4.73. The SMILES string of the molecule is Cc1ccc(C(C)Nc2cccc(-n3cnnc3)c2)o1. The lowest BCUT2D eigenvalue weighted by atomic mass is 10.2. The number of aromatic nitrogens is 3. The number of benzene rings is 1. The normalized spacial score (nSPS) is 12.3. The summed E-state index contributed by atoms with van der Waals surface area (Å²) in [6, 6.07) is 12.2. The fourth-order valence-corrected chi connectivity index (χ4v) is 2.10. The Morgan fingerprint density at radius 3 is 2.65 bits per heavy atom. The van der Waals surface area contributed by atoms with Crippen LogP contribution >= 0.6 is 0 Å². The molecule has 2 aromatic heterocycles. The molecule has 0 aliphatic heterocycles. The van der Waals surface area contributed by atoms with Gasteiger partial charge in [0.15, 0.2) is 0 Å². The van der Waals surface area contributed by atoms with E-state index in [1.165, 1.54) is 0 Å². The summed E-state index contributed by atoms with van der Waals surface area (Å²) in [5.41, 5.74) is 2.04. The van der Waals surface area contributed by atoms with Crippen LogP contribution in [0.15, 0.2) is 53.5 Å². The molecule has 0 saturated carbocycles. The monoisotopic (exact) mass is 268 g/mol. The van der Waals surface area contributed by atoms with E-state index < -0.39 is 0 Å². The van der Waals surface area contributed by atoms with Crippen molar-refractivity contribution in [2.45, 2.75) is 19.9 Å². The molecule has 20 heavy (non-hydrogen) atoms. The molecule has 0 fully saturated rings. The van der Waals surface area contributed by atoms with Gasteiger partial charge in [0, 0.05) is 5.69 Å². The van der Waals surface area contributed by atoms with Crippen LogP contribution in [0.4, 0.5) is 5.69 Å². The van der Waals surface area contributed by atoms with E-state index in [2.05, 4.69) is 28.5 Å². The van der Waals surface area contributed by atoms with E-state index in [1.54, 1.807) is 12.7 Å². The van der Waals surface area contributed by atoms with E-state index in [0.717, 1.165) is 22.9 Å². The highest BCUT2D eigenvalue weighted by Gasteiger charge is 2.09. The topological polar surface area (TPSA) is 55.9 Å². The van der Waals surface area contributed by atoms with Gasteiger partial charge in [-0.2, -0.15) is 0 Å². The summed E-state index contributed by atoms with van der Waals surface area (Å²) in [5.74, 6) is 1.85. The molecule has 0 amide bonds. The van der Waals surface area contributed by atoms with Crippen molar-refractivity contribution in [3.05, 3.63) is 60.6 Å². The summed E-state index contributed by atoms with van der Waals surface area (Å²) in [5, 5.41) is 11.1. The number of hydrogen-bond donors (Lipinski definition) is 1. The molecule has 0 saturated heterocycles. The number of hydrogen-bond acceptors (Lipinski definition) is 4. The van der Waals surface area contributed by atoms with E-state index >= 15 is 0 Å². The molecule has 1 unspecified atom stereocenters. The zero-order chi connectivity index (χ0) is 13.9. The first-order chi connectivity index (χ1) is 9.72. The van der Waals surface area contributed by atoms with Gasteiger partial charge in [0.1, 0.15) is 24.2 Å². The van der Waals surface area contributed by atoms with Crippen LogP contribution in [-0.2, 0) is 0 Å². The van der Waals surface area contributed by atoms with E-state index in [-0.39, 0.29) is 6.04 Å². The highest BCUT2D eigenvalue weighted by Crippen LogP contribution is 2.22. The van der Waals surface area contributed by atoms with Crippen molar-refractivity contribution in [2.75, 3.05) is 5.32 Å². The number of nitrogens with zero attached hydrogens (tertiary/aromatic N) is 3. The predicted octanol–water partition coefficient (Wildman–Crippen LogP) is 3.34. The summed E-state index contributed by atoms with van der Waals surface area (Å²) in [4.78, 5) is 0. The number of nitrogens with one attached hydrogen (secondary N) is 1. The molecule has 5 nitrogen and oxygen atoms in total. The first-order valence-electron chi connectivity index (χ1n) is 6.50. The van der Waals surface area contributed by atoms with Gasteiger partial charge in [-0.15, -0.1) is 10.2 Å². The molecule has 2 heterocycles. The lowest BCUT2D eigenvalue weighted by Gasteiger charge is -2.14. The van der Waals surface area contributed by atoms with Crippen LogP contribution in [0.2, 0.25) is 0 Å². The minimum absolute atomic E-state index is 0.111. The van der Waals surface area contributed by atoms with Crippen LogP contribution in [0.1, 0.15) is 24.5 Å². The van der Waals surface area contributed by atoms with Crippen LogP contribution in [0.3, 0.4) is 0 Å². The smallest absolute Gasteiger partial charge is 0.126 e. The Morgan fingerprint density at radius 1 is 1.15 bits per heavy atom. The van der Waals surface area contributed by atoms with Gasteiger partial charge in [-0.1, -0.05) is 6.07 Å². The molecule has 0 radical (unpaired) electrons. The van der Waals surface area contributed by atoms with Crippen LogP contribution in [0.5, 0.6) is 0 Å². The molecule has 0 aliphatic rings. The lowest BCUT2D eigenvalue weighted by molar-refractivity contribution is 0.467. The summed E-state index contributed by atoms with van der Waals surface area (Å²) >= 11 is 0. The molecule has 3 rings (SSSR count). The van der Waals surface area contributed by atoms with Crippen molar-refractivity contribution in [3.63, 3.8) is 0 Å². The molecule has 0 aliphatic carbocycles. The van der Waals surface area contributed by atoms with Crippen molar-refractivity contribution < 1.29 is 4.42 Å². The van der Waals surface area contributed by atoms with Gasteiger partial charge >= 0.3 is 0 Å². The summed E-state index contributed by atoms with van der Waals surface area (Å²) < 4.78 is 7.50. The van der Waals surface area contributed by atoms with Gasteiger partial charge in [0.25, 0.3) is 0 Å². The van der Waals surface area contributed by atoms with Gasteiger partial charge in [-0.05, 0) is 44.2 Å². The molecule has 1 aromatic carbocycles. The van der Waals surface area contributed by atoms with Crippen LogP contribution in [-0.4, -0.2) is 14.8 Å². The van der Waals surface area contributed by atoms with Crippen molar-refractivity contribution >= 4 is 5.69 Å². The van der Waals surface area contributed by atoms with Crippen LogP contribution in [0, 0.1) is 6.92 Å². The largest absolute Gasteiger partial charge is 0.464 e. The van der Waals surface area contributed by atoms with Gasteiger partial charge in [0.05, 0.1) is 11.7 Å². The molecule has 3 aromatic rings. The van der Waals surface area contributed by atoms with Gasteiger partial charge in [-0.25, -0.2) is 0 Å². The first kappa shape index (κ1) is 12.5. The first-order valence-corrected chi connectivity index (χ1v) is 6.50. The Hall–Kier alpha value is -2.56. The van der Waals surface area contributed by atoms with E-state index in [0.29, 0.717) is 0 Å². The minimum atomic E-state index is 0.111. The third-order valence-electron chi connectivity index (χ3n) is 3.13. The van der Waals surface area contributed by atoms with Crippen molar-refractivity contribution in [2.24, 2.45) is 0 Å². The van der Waals surface area contributed by atoms with Crippen molar-refractivity contribution in [1.29, 1.82) is 0 Å². The number of rotatable bonds is 4. The quantitative estimate of drug-likeness (QED) is 0.788. The van der Waals surface area contributed by atoms with Crippen molar-refractivity contribution in [3.8, 4) is 5.69 Å². The zero-order valence-corrected chi connectivity index (χ0v) is 11.4. The Labute approximate surface area is 117 Å². The van der Waals surface area contributed by atoms with Crippen LogP contribution < -0.4 is 5.32 Å². The lowest BCUT2D eigenvalue weighted by Crippen LogP contribution is -2.06. The average Bonchev–Trinajstić information content (AvgIpc) is 3.10. The number of furan rings is 1. The summed E-state index contributed by atoms with van der Waals surface area (Å²) in [6.07, 6.45) is 3.36. The molecule has 0 spiro atoms. The zero-order valence-electron chi connectivity index (χ0n) is 11.4.